The maximum absolute atomic E-state index is 11.7. The molecule has 2 aromatic rings. The van der Waals surface area contributed by atoms with E-state index in [1.807, 2.05) is 24.3 Å². The molecular formula is C18H18Cl2N2O2. The number of carbonyl (C=O) groups is 1. The van der Waals surface area contributed by atoms with Crippen molar-refractivity contribution in [3.63, 3.8) is 0 Å². The Kier molecular flexibility index (Phi) is 6.64. The van der Waals surface area contributed by atoms with Crippen molar-refractivity contribution in [1.82, 2.24) is 5.43 Å². The molecule has 0 fully saturated rings. The summed E-state index contributed by atoms with van der Waals surface area (Å²) in [6.07, 6.45) is 1.58. The normalized spacial score (nSPS) is 11.0. The number of halogens is 2. The van der Waals surface area contributed by atoms with E-state index in [1.54, 1.807) is 24.4 Å². The van der Waals surface area contributed by atoms with Crippen molar-refractivity contribution in [3.8, 4) is 5.75 Å². The second-order valence-electron chi connectivity index (χ2n) is 5.48. The number of rotatable bonds is 6. The molecule has 4 nitrogen and oxygen atoms in total. The Morgan fingerprint density at radius 1 is 1.21 bits per heavy atom. The molecule has 1 N–H and O–H groups in total. The van der Waals surface area contributed by atoms with E-state index in [1.165, 1.54) is 5.56 Å². The molecule has 0 radical (unpaired) electrons. The van der Waals surface area contributed by atoms with Crippen molar-refractivity contribution < 1.29 is 9.53 Å². The van der Waals surface area contributed by atoms with Gasteiger partial charge < -0.3 is 4.74 Å². The molecule has 0 aliphatic rings. The van der Waals surface area contributed by atoms with Crippen molar-refractivity contribution in [3.05, 3.63) is 63.6 Å². The first-order valence-corrected chi connectivity index (χ1v) is 8.21. The van der Waals surface area contributed by atoms with Crippen molar-refractivity contribution >= 4 is 35.3 Å². The average Bonchev–Trinajstić information content (AvgIpc) is 2.54. The van der Waals surface area contributed by atoms with Gasteiger partial charge in [-0.2, -0.15) is 5.10 Å². The highest BCUT2D eigenvalue weighted by Gasteiger charge is 2.05. The van der Waals surface area contributed by atoms with Gasteiger partial charge in [0.25, 0.3) is 5.91 Å². The van der Waals surface area contributed by atoms with Gasteiger partial charge >= 0.3 is 0 Å². The lowest BCUT2D eigenvalue weighted by Crippen LogP contribution is -2.24. The smallest absolute Gasteiger partial charge is 0.277 e. The topological polar surface area (TPSA) is 50.7 Å². The van der Waals surface area contributed by atoms with Crippen molar-refractivity contribution in [1.29, 1.82) is 0 Å². The quantitative estimate of drug-likeness (QED) is 0.599. The van der Waals surface area contributed by atoms with E-state index in [0.717, 1.165) is 5.56 Å². The molecule has 126 valence electrons. The monoisotopic (exact) mass is 364 g/mol. The average molecular weight is 365 g/mol. The van der Waals surface area contributed by atoms with Gasteiger partial charge in [-0.15, -0.1) is 0 Å². The van der Waals surface area contributed by atoms with Crippen LogP contribution in [0.4, 0.5) is 0 Å². The molecule has 0 heterocycles. The van der Waals surface area contributed by atoms with Crippen molar-refractivity contribution in [2.24, 2.45) is 5.10 Å². The zero-order chi connectivity index (χ0) is 17.5. The standard InChI is InChI=1S/C18H18Cl2N2O2/c1-12(2)14-5-3-13(4-6-14)10-21-22-18(23)11-24-17-8-7-15(19)9-16(17)20/h3-10,12H,11H2,1-2H3,(H,22,23)/b21-10+. The number of benzene rings is 2. The molecular weight excluding hydrogens is 347 g/mol. The van der Waals surface area contributed by atoms with Crippen molar-refractivity contribution in [2.75, 3.05) is 6.61 Å². The number of hydrogen-bond acceptors (Lipinski definition) is 3. The van der Waals surface area contributed by atoms with Gasteiger partial charge in [-0.1, -0.05) is 61.3 Å². The number of nitrogens with one attached hydrogen (secondary N) is 1. The van der Waals surface area contributed by atoms with Crippen LogP contribution in [0.15, 0.2) is 47.6 Å². The summed E-state index contributed by atoms with van der Waals surface area (Å²) < 4.78 is 5.32. The Balaban J connectivity index is 1.82. The fourth-order valence-electron chi connectivity index (χ4n) is 1.91. The Morgan fingerprint density at radius 2 is 1.92 bits per heavy atom. The van der Waals surface area contributed by atoms with Crippen molar-refractivity contribution in [2.45, 2.75) is 19.8 Å². The summed E-state index contributed by atoms with van der Waals surface area (Å²) in [5.41, 5.74) is 4.56. The molecule has 0 atom stereocenters. The lowest BCUT2D eigenvalue weighted by molar-refractivity contribution is -0.123. The maximum Gasteiger partial charge on any atom is 0.277 e. The van der Waals surface area contributed by atoms with Crippen LogP contribution in [0.3, 0.4) is 0 Å². The molecule has 24 heavy (non-hydrogen) atoms. The zero-order valence-electron chi connectivity index (χ0n) is 13.4. The lowest BCUT2D eigenvalue weighted by Gasteiger charge is -2.07. The first kappa shape index (κ1) is 18.3. The molecule has 0 aliphatic heterocycles. The predicted octanol–water partition coefficient (Wildman–Crippen LogP) is 4.65. The zero-order valence-corrected chi connectivity index (χ0v) is 14.9. The number of amides is 1. The molecule has 0 saturated heterocycles. The van der Waals surface area contributed by atoms with E-state index in [4.69, 9.17) is 27.9 Å². The summed E-state index contributed by atoms with van der Waals surface area (Å²) in [4.78, 5) is 11.7. The van der Waals surface area contributed by atoms with E-state index in [9.17, 15) is 4.79 Å². The van der Waals surface area contributed by atoms with Crippen LogP contribution in [0.25, 0.3) is 0 Å². The molecule has 0 spiro atoms. The summed E-state index contributed by atoms with van der Waals surface area (Å²) >= 11 is 11.8. The van der Waals surface area contributed by atoms with Crippen LogP contribution < -0.4 is 10.2 Å². The Hall–Kier alpha value is -2.04. The fourth-order valence-corrected chi connectivity index (χ4v) is 2.38. The highest BCUT2D eigenvalue weighted by molar-refractivity contribution is 6.35. The molecule has 6 heteroatoms. The second kappa shape index (κ2) is 8.71. The molecule has 1 amide bonds. The van der Waals surface area contributed by atoms with E-state index in [0.29, 0.717) is 21.7 Å². The van der Waals surface area contributed by atoms with Gasteiger partial charge in [-0.25, -0.2) is 5.43 Å². The van der Waals surface area contributed by atoms with Gasteiger partial charge in [0.2, 0.25) is 0 Å². The third-order valence-electron chi connectivity index (χ3n) is 3.26. The third kappa shape index (κ3) is 5.55. The summed E-state index contributed by atoms with van der Waals surface area (Å²) in [5.74, 6) is 0.494. The third-order valence-corrected chi connectivity index (χ3v) is 3.79. The SMILES string of the molecule is CC(C)c1ccc(/C=N/NC(=O)COc2ccc(Cl)cc2Cl)cc1. The molecule has 0 aliphatic carbocycles. The number of hydrazone groups is 1. The van der Waals surface area contributed by atoms with Crippen LogP contribution in [0.1, 0.15) is 30.9 Å². The highest BCUT2D eigenvalue weighted by Crippen LogP contribution is 2.27. The van der Waals surface area contributed by atoms with Gasteiger partial charge in [0.05, 0.1) is 11.2 Å². The molecule has 0 aromatic heterocycles. The first-order chi connectivity index (χ1) is 11.5. The van der Waals surface area contributed by atoms with Gasteiger partial charge in [0, 0.05) is 5.02 Å². The number of ether oxygens (including phenoxy) is 1. The Labute approximate surface area is 151 Å². The van der Waals surface area contributed by atoms with Gasteiger partial charge in [-0.3, -0.25) is 4.79 Å². The van der Waals surface area contributed by atoms with Gasteiger partial charge in [0.15, 0.2) is 6.61 Å². The van der Waals surface area contributed by atoms with Crippen LogP contribution in [0.5, 0.6) is 5.75 Å². The first-order valence-electron chi connectivity index (χ1n) is 7.45. The van der Waals surface area contributed by atoms with Crippen LogP contribution in [0, 0.1) is 0 Å². The molecule has 0 unspecified atom stereocenters. The minimum Gasteiger partial charge on any atom is -0.482 e. The lowest BCUT2D eigenvalue weighted by atomic mass is 10.0. The number of hydrogen-bond donors (Lipinski definition) is 1. The molecule has 0 bridgehead atoms. The highest BCUT2D eigenvalue weighted by atomic mass is 35.5. The second-order valence-corrected chi connectivity index (χ2v) is 6.32. The molecule has 2 rings (SSSR count). The van der Waals surface area contributed by atoms with E-state index in [2.05, 4.69) is 24.4 Å². The van der Waals surface area contributed by atoms with Gasteiger partial charge in [0.1, 0.15) is 5.75 Å². The maximum atomic E-state index is 11.7. The summed E-state index contributed by atoms with van der Waals surface area (Å²) in [6, 6.07) is 12.8. The largest absolute Gasteiger partial charge is 0.482 e. The Bertz CT molecular complexity index is 728. The van der Waals surface area contributed by atoms with Crippen LogP contribution in [0.2, 0.25) is 10.0 Å². The van der Waals surface area contributed by atoms with Crippen LogP contribution in [-0.2, 0) is 4.79 Å². The van der Waals surface area contributed by atoms with Crippen LogP contribution in [-0.4, -0.2) is 18.7 Å². The van der Waals surface area contributed by atoms with E-state index >= 15 is 0 Å². The van der Waals surface area contributed by atoms with E-state index < -0.39 is 0 Å². The number of carbonyl (C=O) groups excluding carboxylic acids is 1. The van der Waals surface area contributed by atoms with E-state index in [-0.39, 0.29) is 12.5 Å². The Morgan fingerprint density at radius 3 is 2.54 bits per heavy atom. The summed E-state index contributed by atoms with van der Waals surface area (Å²) in [5, 5.41) is 4.76. The minimum absolute atomic E-state index is 0.190. The predicted molar refractivity (Wildman–Crippen MR) is 98.2 cm³/mol. The summed E-state index contributed by atoms with van der Waals surface area (Å²) in [6.45, 7) is 4.08. The minimum atomic E-state index is -0.379. The number of nitrogens with zero attached hydrogens (tertiary/aromatic N) is 1. The molecule has 2 aromatic carbocycles. The molecule has 0 saturated carbocycles. The van der Waals surface area contributed by atoms with Crippen LogP contribution >= 0.6 is 23.2 Å². The summed E-state index contributed by atoms with van der Waals surface area (Å²) in [7, 11) is 0. The fraction of sp³-hybridized carbons (Fsp3) is 0.222. The van der Waals surface area contributed by atoms with Gasteiger partial charge in [-0.05, 0) is 35.2 Å².